The molecule has 0 unspecified atom stereocenters. The number of hydrogen-bond donors (Lipinski definition) is 2. The van der Waals surface area contributed by atoms with Crippen LogP contribution >= 0.6 is 0 Å². The summed E-state index contributed by atoms with van der Waals surface area (Å²) in [6.07, 6.45) is -3.44. The van der Waals surface area contributed by atoms with Crippen LogP contribution in [0.5, 0.6) is 0 Å². The van der Waals surface area contributed by atoms with Crippen molar-refractivity contribution in [1.82, 2.24) is 4.98 Å². The zero-order chi connectivity index (χ0) is 14.9. The van der Waals surface area contributed by atoms with Gasteiger partial charge in [0.1, 0.15) is 0 Å². The highest BCUT2D eigenvalue weighted by Gasteiger charge is 2.30. The molecule has 104 valence electrons. The molecule has 1 aromatic heterocycles. The molecular weight excluding hydrogens is 275 g/mol. The predicted octanol–water partition coefficient (Wildman–Crippen LogP) is 2.76. The van der Waals surface area contributed by atoms with Crippen LogP contribution in [0.2, 0.25) is 0 Å². The van der Waals surface area contributed by atoms with Crippen LogP contribution in [-0.2, 0) is 6.18 Å². The number of aromatic nitrogens is 1. The molecule has 4 nitrogen and oxygen atoms in total. The van der Waals surface area contributed by atoms with Gasteiger partial charge in [-0.3, -0.25) is 4.79 Å². The second-order valence-electron chi connectivity index (χ2n) is 4.01. The number of rotatable bonds is 2. The lowest BCUT2D eigenvalue weighted by Crippen LogP contribution is -2.11. The summed E-state index contributed by atoms with van der Waals surface area (Å²) < 4.78 is 37.3. The number of carboxylic acids is 1. The molecule has 2 aromatic rings. The van der Waals surface area contributed by atoms with Crippen LogP contribution in [0.25, 0.3) is 11.1 Å². The molecule has 0 aliphatic rings. The van der Waals surface area contributed by atoms with Gasteiger partial charge in [0.05, 0.1) is 11.1 Å². The summed E-state index contributed by atoms with van der Waals surface area (Å²) >= 11 is 0. The summed E-state index contributed by atoms with van der Waals surface area (Å²) in [7, 11) is 0. The molecule has 0 aliphatic heterocycles. The zero-order valence-corrected chi connectivity index (χ0v) is 9.86. The third-order valence-electron chi connectivity index (χ3n) is 2.67. The summed E-state index contributed by atoms with van der Waals surface area (Å²) in [5.74, 6) is -1.24. The van der Waals surface area contributed by atoms with E-state index in [0.717, 1.165) is 36.5 Å². The Morgan fingerprint density at radius 3 is 2.25 bits per heavy atom. The van der Waals surface area contributed by atoms with Crippen LogP contribution in [0, 0.1) is 0 Å². The minimum absolute atomic E-state index is 0.00127. The fourth-order valence-corrected chi connectivity index (χ4v) is 1.66. The second-order valence-corrected chi connectivity index (χ2v) is 4.01. The highest BCUT2D eigenvalue weighted by Crippen LogP contribution is 2.30. The van der Waals surface area contributed by atoms with E-state index in [1.807, 2.05) is 0 Å². The number of aromatic carboxylic acids is 1. The van der Waals surface area contributed by atoms with Gasteiger partial charge < -0.3 is 10.1 Å². The van der Waals surface area contributed by atoms with Gasteiger partial charge in [-0.15, -0.1) is 0 Å². The van der Waals surface area contributed by atoms with Gasteiger partial charge in [-0.1, -0.05) is 12.1 Å². The number of carboxylic acid groups (broad SMARTS) is 1. The largest absolute Gasteiger partial charge is 0.478 e. The normalized spacial score (nSPS) is 11.3. The Kier molecular flexibility index (Phi) is 3.35. The van der Waals surface area contributed by atoms with Crippen LogP contribution in [0.1, 0.15) is 15.9 Å². The number of halogens is 3. The lowest BCUT2D eigenvalue weighted by Gasteiger charge is -2.07. The molecule has 1 aromatic carbocycles. The maximum Gasteiger partial charge on any atom is 0.416 e. The molecule has 0 aliphatic carbocycles. The van der Waals surface area contributed by atoms with Crippen molar-refractivity contribution in [3.63, 3.8) is 0 Å². The van der Waals surface area contributed by atoms with Crippen LogP contribution in [0.15, 0.2) is 41.3 Å². The van der Waals surface area contributed by atoms with Gasteiger partial charge in [-0.2, -0.15) is 13.2 Å². The molecule has 0 radical (unpaired) electrons. The van der Waals surface area contributed by atoms with Crippen molar-refractivity contribution in [2.24, 2.45) is 0 Å². The Bertz CT molecular complexity index is 702. The van der Waals surface area contributed by atoms with Gasteiger partial charge >= 0.3 is 12.1 Å². The summed E-state index contributed by atoms with van der Waals surface area (Å²) in [5.41, 5.74) is -1.36. The van der Waals surface area contributed by atoms with Crippen molar-refractivity contribution >= 4 is 5.97 Å². The van der Waals surface area contributed by atoms with Crippen molar-refractivity contribution in [2.45, 2.75) is 6.18 Å². The van der Waals surface area contributed by atoms with E-state index < -0.39 is 23.3 Å². The van der Waals surface area contributed by atoms with Gasteiger partial charge in [0.15, 0.2) is 0 Å². The molecule has 0 saturated carbocycles. The topological polar surface area (TPSA) is 70.2 Å². The number of hydrogen-bond acceptors (Lipinski definition) is 2. The highest BCUT2D eigenvalue weighted by molar-refractivity contribution is 5.88. The highest BCUT2D eigenvalue weighted by atomic mass is 19.4. The minimum atomic E-state index is -4.46. The maximum atomic E-state index is 12.4. The Balaban J connectivity index is 2.49. The number of carbonyl (C=O) groups is 1. The number of pyridine rings is 1. The molecule has 0 amide bonds. The first-order chi connectivity index (χ1) is 9.29. The van der Waals surface area contributed by atoms with Crippen molar-refractivity contribution in [2.75, 3.05) is 0 Å². The average Bonchev–Trinajstić information content (AvgIpc) is 2.38. The third kappa shape index (κ3) is 2.71. The van der Waals surface area contributed by atoms with Crippen molar-refractivity contribution in [3.8, 4) is 11.1 Å². The molecule has 0 bridgehead atoms. The Morgan fingerprint density at radius 1 is 1.15 bits per heavy atom. The first-order valence-electron chi connectivity index (χ1n) is 5.42. The summed E-state index contributed by atoms with van der Waals surface area (Å²) in [4.78, 5) is 24.7. The van der Waals surface area contributed by atoms with E-state index in [1.54, 1.807) is 0 Å². The maximum absolute atomic E-state index is 12.4. The standard InChI is InChI=1S/C13H8F3NO3/c14-13(15,16)9-3-1-7(2-4-9)10-5-8(12(19)20)6-17-11(10)18/h1-6H,(H,17,18)(H,19,20). The van der Waals surface area contributed by atoms with E-state index in [-0.39, 0.29) is 16.7 Å². The first-order valence-corrected chi connectivity index (χ1v) is 5.42. The number of alkyl halides is 3. The molecular formula is C13H8F3NO3. The number of nitrogens with one attached hydrogen (secondary N) is 1. The summed E-state index contributed by atoms with van der Waals surface area (Å²) in [6, 6.07) is 5.03. The number of benzene rings is 1. The van der Waals surface area contributed by atoms with E-state index in [2.05, 4.69) is 4.98 Å². The first kappa shape index (κ1) is 13.9. The van der Waals surface area contributed by atoms with Crippen molar-refractivity contribution < 1.29 is 23.1 Å². The molecule has 20 heavy (non-hydrogen) atoms. The summed E-state index contributed by atoms with van der Waals surface area (Å²) in [6.45, 7) is 0. The SMILES string of the molecule is O=C(O)c1c[nH]c(=O)c(-c2ccc(C(F)(F)F)cc2)c1. The van der Waals surface area contributed by atoms with E-state index in [4.69, 9.17) is 5.11 Å². The quantitative estimate of drug-likeness (QED) is 0.890. The summed E-state index contributed by atoms with van der Waals surface area (Å²) in [5, 5.41) is 8.83. The molecule has 0 atom stereocenters. The van der Waals surface area contributed by atoms with Gasteiger partial charge in [-0.05, 0) is 23.8 Å². The monoisotopic (exact) mass is 283 g/mol. The van der Waals surface area contributed by atoms with Crippen LogP contribution in [-0.4, -0.2) is 16.1 Å². The van der Waals surface area contributed by atoms with Gasteiger partial charge in [0, 0.05) is 11.8 Å². The smallest absolute Gasteiger partial charge is 0.416 e. The van der Waals surface area contributed by atoms with E-state index >= 15 is 0 Å². The molecule has 7 heteroatoms. The zero-order valence-electron chi connectivity index (χ0n) is 9.86. The molecule has 2 N–H and O–H groups in total. The Morgan fingerprint density at radius 2 is 1.75 bits per heavy atom. The Hall–Kier alpha value is -2.57. The number of H-pyrrole nitrogens is 1. The van der Waals surface area contributed by atoms with Gasteiger partial charge in [0.2, 0.25) is 0 Å². The molecule has 2 rings (SSSR count). The second kappa shape index (κ2) is 4.84. The van der Waals surface area contributed by atoms with Crippen LogP contribution in [0.4, 0.5) is 13.2 Å². The van der Waals surface area contributed by atoms with E-state index in [1.165, 1.54) is 0 Å². The molecule has 0 saturated heterocycles. The lowest BCUT2D eigenvalue weighted by atomic mass is 10.0. The van der Waals surface area contributed by atoms with E-state index in [9.17, 15) is 22.8 Å². The fraction of sp³-hybridized carbons (Fsp3) is 0.0769. The fourth-order valence-electron chi connectivity index (χ4n) is 1.66. The van der Waals surface area contributed by atoms with E-state index in [0.29, 0.717) is 0 Å². The van der Waals surface area contributed by atoms with Gasteiger partial charge in [-0.25, -0.2) is 4.79 Å². The Labute approximate surface area is 110 Å². The average molecular weight is 283 g/mol. The predicted molar refractivity (Wildman–Crippen MR) is 64.5 cm³/mol. The van der Waals surface area contributed by atoms with Gasteiger partial charge in [0.25, 0.3) is 5.56 Å². The molecule has 0 spiro atoms. The van der Waals surface area contributed by atoms with Crippen LogP contribution in [0.3, 0.4) is 0 Å². The molecule has 0 fully saturated rings. The van der Waals surface area contributed by atoms with Crippen molar-refractivity contribution in [1.29, 1.82) is 0 Å². The number of aromatic amines is 1. The lowest BCUT2D eigenvalue weighted by molar-refractivity contribution is -0.137. The van der Waals surface area contributed by atoms with Crippen LogP contribution < -0.4 is 5.56 Å². The van der Waals surface area contributed by atoms with Crippen molar-refractivity contribution in [3.05, 3.63) is 58.0 Å². The third-order valence-corrected chi connectivity index (χ3v) is 2.67. The minimum Gasteiger partial charge on any atom is -0.478 e. The molecule has 1 heterocycles.